The molecule has 182 valence electrons. The number of alkyl halides is 6. The number of fused-ring (bicyclic) bond motifs is 1. The second-order valence-electron chi connectivity index (χ2n) is 7.67. The van der Waals surface area contributed by atoms with Crippen LogP contribution in [0.4, 0.5) is 26.3 Å². The highest BCUT2D eigenvalue weighted by Gasteiger charge is 2.35. The number of nitriles is 2. The van der Waals surface area contributed by atoms with Gasteiger partial charge in [0.05, 0.1) is 44.9 Å². The van der Waals surface area contributed by atoms with Crippen LogP contribution in [0.2, 0.25) is 0 Å². The highest BCUT2D eigenvalue weighted by atomic mass is 32.1. The van der Waals surface area contributed by atoms with Gasteiger partial charge in [-0.05, 0) is 35.4 Å². The number of rotatable bonds is 2. The van der Waals surface area contributed by atoms with Gasteiger partial charge in [0.1, 0.15) is 10.5 Å². The van der Waals surface area contributed by atoms with Crippen LogP contribution >= 0.6 is 11.3 Å². The van der Waals surface area contributed by atoms with Gasteiger partial charge in [-0.15, -0.1) is 11.3 Å². The zero-order valence-corrected chi connectivity index (χ0v) is 18.6. The molecule has 3 aromatic rings. The highest BCUT2D eigenvalue weighted by molar-refractivity contribution is 7.07. The summed E-state index contributed by atoms with van der Waals surface area (Å²) in [7, 11) is 0. The lowest BCUT2D eigenvalue weighted by atomic mass is 9.84. The van der Waals surface area contributed by atoms with Gasteiger partial charge in [-0.25, -0.2) is 0 Å². The Morgan fingerprint density at radius 3 is 2.08 bits per heavy atom. The van der Waals surface area contributed by atoms with Gasteiger partial charge in [-0.2, -0.15) is 36.9 Å². The molecule has 0 saturated heterocycles. The third kappa shape index (κ3) is 4.27. The Bertz CT molecular complexity index is 1680. The van der Waals surface area contributed by atoms with E-state index >= 15 is 0 Å². The normalized spacial score (nSPS) is 16.5. The summed E-state index contributed by atoms with van der Waals surface area (Å²) in [4.78, 5) is 13.1. The number of benzene rings is 2. The van der Waals surface area contributed by atoms with Crippen LogP contribution in [0.15, 0.2) is 58.9 Å². The second kappa shape index (κ2) is 8.73. The second-order valence-corrected chi connectivity index (χ2v) is 8.70. The summed E-state index contributed by atoms with van der Waals surface area (Å²) in [6, 6.07) is 11.9. The number of nitrogens with two attached hydrogens (primary N) is 1. The fourth-order valence-corrected chi connectivity index (χ4v) is 4.96. The zero-order chi connectivity index (χ0) is 26.4. The molecule has 1 atom stereocenters. The maximum absolute atomic E-state index is 13.3. The van der Waals surface area contributed by atoms with Crippen LogP contribution in [-0.4, -0.2) is 4.57 Å². The number of halogens is 6. The summed E-state index contributed by atoms with van der Waals surface area (Å²) in [6.45, 7) is 0. The van der Waals surface area contributed by atoms with Gasteiger partial charge in [0.15, 0.2) is 0 Å². The molecule has 0 amide bonds. The molecule has 1 aliphatic rings. The van der Waals surface area contributed by atoms with Crippen molar-refractivity contribution in [3.05, 3.63) is 95.9 Å². The Morgan fingerprint density at radius 1 is 0.917 bits per heavy atom. The first kappa shape index (κ1) is 24.8. The molecule has 1 aromatic heterocycles. The van der Waals surface area contributed by atoms with E-state index in [0.717, 1.165) is 46.2 Å². The fraction of sp³-hybridized carbons (Fsp3) is 0.125. The van der Waals surface area contributed by atoms with Gasteiger partial charge >= 0.3 is 12.4 Å². The Hall–Kier alpha value is -4.29. The first-order chi connectivity index (χ1) is 16.9. The summed E-state index contributed by atoms with van der Waals surface area (Å²) in [5.41, 5.74) is 2.89. The Kier molecular flexibility index (Phi) is 6.02. The van der Waals surface area contributed by atoms with E-state index in [0.29, 0.717) is 0 Å². The minimum Gasteiger partial charge on any atom is -0.384 e. The number of allylic oxidation sites excluding steroid dienone is 1. The number of nitrogens with zero attached hydrogens (tertiary/aromatic N) is 3. The molecular formula is C24H12F6N4OS. The van der Waals surface area contributed by atoms with E-state index in [1.165, 1.54) is 24.3 Å². The van der Waals surface area contributed by atoms with Crippen LogP contribution in [0, 0.1) is 22.7 Å². The van der Waals surface area contributed by atoms with E-state index in [9.17, 15) is 41.7 Å². The first-order valence-electron chi connectivity index (χ1n) is 9.99. The summed E-state index contributed by atoms with van der Waals surface area (Å²) in [6.07, 6.45) is -8.11. The third-order valence-electron chi connectivity index (χ3n) is 5.45. The molecule has 2 N–H and O–H groups in total. The molecule has 0 bridgehead atoms. The van der Waals surface area contributed by atoms with Crippen molar-refractivity contribution in [2.24, 2.45) is 5.73 Å². The summed E-state index contributed by atoms with van der Waals surface area (Å²) < 4.78 is 79.8. The van der Waals surface area contributed by atoms with Crippen LogP contribution in [0.1, 0.15) is 28.2 Å². The quantitative estimate of drug-likeness (QED) is 0.521. The summed E-state index contributed by atoms with van der Waals surface area (Å²) >= 11 is 0.736. The standard InChI is InChI=1S/C24H12F6N4OS/c25-23(26,27)14-5-1-3-12(7-14)8-18-21(35)34-20(33)16(10-31)19(17(11-32)22(34)36-18)13-4-2-6-15(9-13)24(28,29)30/h1-9,19H,33H2. The largest absolute Gasteiger partial charge is 0.416 e. The van der Waals surface area contributed by atoms with E-state index in [4.69, 9.17) is 5.73 Å². The predicted octanol–water partition coefficient (Wildman–Crippen LogP) is 3.90. The van der Waals surface area contributed by atoms with Crippen LogP contribution in [0.3, 0.4) is 0 Å². The molecule has 0 fully saturated rings. The van der Waals surface area contributed by atoms with E-state index in [-0.39, 0.29) is 37.3 Å². The summed E-state index contributed by atoms with van der Waals surface area (Å²) in [5.74, 6) is -1.65. The number of aromatic nitrogens is 1. The van der Waals surface area contributed by atoms with E-state index in [1.54, 1.807) is 6.07 Å². The van der Waals surface area contributed by atoms with Crippen molar-refractivity contribution in [1.82, 2.24) is 4.57 Å². The average Bonchev–Trinajstić information content (AvgIpc) is 3.14. The van der Waals surface area contributed by atoms with Crippen molar-refractivity contribution in [3.8, 4) is 12.1 Å². The van der Waals surface area contributed by atoms with Crippen molar-refractivity contribution in [2.45, 2.75) is 18.3 Å². The van der Waals surface area contributed by atoms with Crippen LogP contribution in [-0.2, 0) is 12.4 Å². The molecule has 12 heteroatoms. The molecule has 5 nitrogen and oxygen atoms in total. The molecule has 2 heterocycles. The molecule has 36 heavy (non-hydrogen) atoms. The van der Waals surface area contributed by atoms with Gasteiger partial charge in [-0.3, -0.25) is 9.36 Å². The maximum atomic E-state index is 13.3. The number of thiazole rings is 1. The Balaban J connectivity index is 2.00. The Morgan fingerprint density at radius 2 is 1.50 bits per heavy atom. The molecule has 0 radical (unpaired) electrons. The lowest BCUT2D eigenvalue weighted by molar-refractivity contribution is -0.138. The fourth-order valence-electron chi connectivity index (χ4n) is 3.84. The molecule has 0 saturated carbocycles. The van der Waals surface area contributed by atoms with Crippen molar-refractivity contribution >= 4 is 28.8 Å². The molecule has 2 aromatic carbocycles. The minimum absolute atomic E-state index is 0.0281. The van der Waals surface area contributed by atoms with E-state index in [1.807, 2.05) is 6.07 Å². The van der Waals surface area contributed by atoms with Gasteiger partial charge in [-0.1, -0.05) is 30.3 Å². The monoisotopic (exact) mass is 518 g/mol. The lowest BCUT2D eigenvalue weighted by Crippen LogP contribution is -2.38. The SMILES string of the molecule is N#CC1=C(N)n2c(sc(=Cc3cccc(C(F)(F)F)c3)c2=O)=C(C#N)C1c1cccc(C(F)(F)F)c1. The molecule has 1 aliphatic heterocycles. The van der Waals surface area contributed by atoms with Gasteiger partial charge in [0.25, 0.3) is 5.56 Å². The molecule has 0 spiro atoms. The van der Waals surface area contributed by atoms with Gasteiger partial charge < -0.3 is 5.73 Å². The smallest absolute Gasteiger partial charge is 0.384 e. The van der Waals surface area contributed by atoms with Crippen molar-refractivity contribution in [3.63, 3.8) is 0 Å². The summed E-state index contributed by atoms with van der Waals surface area (Å²) in [5, 5.41) is 19.6. The molecule has 4 rings (SSSR count). The maximum Gasteiger partial charge on any atom is 0.416 e. The molecule has 0 aliphatic carbocycles. The first-order valence-corrected chi connectivity index (χ1v) is 10.8. The van der Waals surface area contributed by atoms with Gasteiger partial charge in [0.2, 0.25) is 0 Å². The average molecular weight is 518 g/mol. The van der Waals surface area contributed by atoms with Crippen molar-refractivity contribution < 1.29 is 26.3 Å². The molecule has 1 unspecified atom stereocenters. The minimum atomic E-state index is -4.68. The van der Waals surface area contributed by atoms with Crippen molar-refractivity contribution in [1.29, 1.82) is 10.5 Å². The lowest BCUT2D eigenvalue weighted by Gasteiger charge is -2.23. The van der Waals surface area contributed by atoms with Gasteiger partial charge in [0, 0.05) is 0 Å². The third-order valence-corrected chi connectivity index (χ3v) is 6.56. The molecular weight excluding hydrogens is 506 g/mol. The van der Waals surface area contributed by atoms with E-state index in [2.05, 4.69) is 0 Å². The zero-order valence-electron chi connectivity index (χ0n) is 17.8. The van der Waals surface area contributed by atoms with Crippen molar-refractivity contribution in [2.75, 3.05) is 0 Å². The van der Waals surface area contributed by atoms with Crippen LogP contribution < -0.4 is 20.5 Å². The predicted molar refractivity (Wildman–Crippen MR) is 119 cm³/mol. The topological polar surface area (TPSA) is 95.6 Å². The van der Waals surface area contributed by atoms with Crippen LogP contribution in [0.25, 0.3) is 17.5 Å². The number of hydrogen-bond acceptors (Lipinski definition) is 5. The Labute approximate surface area is 202 Å². The van der Waals surface area contributed by atoms with E-state index < -0.39 is 35.0 Å². The highest BCUT2D eigenvalue weighted by Crippen LogP contribution is 2.38. The van der Waals surface area contributed by atoms with Crippen LogP contribution in [0.5, 0.6) is 0 Å². The number of hydrogen-bond donors (Lipinski definition) is 1.